The van der Waals surface area contributed by atoms with E-state index in [9.17, 15) is 0 Å². The first-order valence-electron chi connectivity index (χ1n) is 6.17. The Morgan fingerprint density at radius 2 is 1.47 bits per heavy atom. The molecule has 0 bridgehead atoms. The molecular weight excluding hydrogens is 339 g/mol. The maximum atomic E-state index is 4.89. The van der Waals surface area contributed by atoms with Crippen molar-refractivity contribution < 1.29 is 15.1 Å². The molecule has 0 unspecified atom stereocenters. The molecule has 0 aliphatic rings. The van der Waals surface area contributed by atoms with Crippen LogP contribution in [0.4, 0.5) is 0 Å². The SMILES string of the molecule is C[Si](C)(C)/N=C(/[N-][Si](C)(C)C)c1ccccc1.[Cl][Cu+]. The van der Waals surface area contributed by atoms with E-state index in [1.54, 1.807) is 0 Å². The summed E-state index contributed by atoms with van der Waals surface area (Å²) >= 11 is 3.66. The zero-order valence-corrected chi connectivity index (χ0v) is 16.2. The monoisotopic (exact) mass is 361 g/mol. The van der Waals surface area contributed by atoms with Crippen LogP contribution < -0.4 is 0 Å². The molecular formula is C13H23ClCuN2Si2. The van der Waals surface area contributed by atoms with Crippen LogP contribution in [0.5, 0.6) is 0 Å². The fourth-order valence-corrected chi connectivity index (χ4v) is 3.11. The molecule has 1 rings (SSSR count). The number of halogens is 1. The number of benzene rings is 1. The molecule has 0 heterocycles. The van der Waals surface area contributed by atoms with Crippen LogP contribution in [-0.4, -0.2) is 22.3 Å². The summed E-state index contributed by atoms with van der Waals surface area (Å²) < 4.78 is 4.89. The first-order valence-corrected chi connectivity index (χ1v) is 14.4. The van der Waals surface area contributed by atoms with E-state index in [2.05, 4.69) is 88.7 Å². The van der Waals surface area contributed by atoms with Gasteiger partial charge < -0.3 is 9.64 Å². The third-order valence-corrected chi connectivity index (χ3v) is 3.68. The van der Waals surface area contributed by atoms with Gasteiger partial charge in [-0.15, -0.1) is 0 Å². The molecule has 0 fully saturated rings. The second kappa shape index (κ2) is 8.27. The Kier molecular flexibility index (Phi) is 8.24. The molecule has 19 heavy (non-hydrogen) atoms. The van der Waals surface area contributed by atoms with Crippen LogP contribution >= 0.6 is 10.1 Å². The summed E-state index contributed by atoms with van der Waals surface area (Å²) in [5.41, 5.74) is 1.15. The number of rotatable bonds is 3. The van der Waals surface area contributed by atoms with Crippen molar-refractivity contribution >= 4 is 32.4 Å². The minimum atomic E-state index is -1.49. The first kappa shape index (κ1) is 18.9. The number of amidine groups is 1. The van der Waals surface area contributed by atoms with Crippen molar-refractivity contribution in [3.63, 3.8) is 0 Å². The Labute approximate surface area is 132 Å². The van der Waals surface area contributed by atoms with Crippen molar-refractivity contribution in [2.24, 2.45) is 4.66 Å². The number of hydrogen-bond donors (Lipinski definition) is 0. The number of hydrogen-bond acceptors (Lipinski definition) is 1. The molecule has 111 valence electrons. The Morgan fingerprint density at radius 3 is 1.84 bits per heavy atom. The second-order valence-electron chi connectivity index (χ2n) is 6.25. The van der Waals surface area contributed by atoms with Crippen molar-refractivity contribution in [1.29, 1.82) is 0 Å². The third kappa shape index (κ3) is 9.46. The standard InChI is InChI=1S/C13H23N2Si2.ClH.Cu/c1-16(2,3)14-13(15-17(4,5)6)12-10-8-7-9-11-12;;/h7-11H,1-6H3;1H;/q-1;;+2/p-1. The molecule has 0 radical (unpaired) electrons. The Bertz CT molecular complexity index is 397. The van der Waals surface area contributed by atoms with Crippen LogP contribution in [0.3, 0.4) is 0 Å². The fourth-order valence-electron chi connectivity index (χ4n) is 1.38. The summed E-state index contributed by atoms with van der Waals surface area (Å²) in [6.45, 7) is 13.5. The van der Waals surface area contributed by atoms with E-state index >= 15 is 0 Å². The molecule has 1 aromatic rings. The van der Waals surface area contributed by atoms with E-state index in [1.807, 2.05) is 6.07 Å². The van der Waals surface area contributed by atoms with Crippen molar-refractivity contribution in [3.8, 4) is 0 Å². The van der Waals surface area contributed by atoms with E-state index in [4.69, 9.17) is 9.64 Å². The molecule has 2 nitrogen and oxygen atoms in total. The molecule has 0 atom stereocenters. The van der Waals surface area contributed by atoms with Gasteiger partial charge >= 0.3 is 25.2 Å². The predicted molar refractivity (Wildman–Crippen MR) is 88.9 cm³/mol. The summed E-state index contributed by atoms with van der Waals surface area (Å²) in [5, 5.41) is 0. The average molecular weight is 363 g/mol. The van der Waals surface area contributed by atoms with Gasteiger partial charge in [0.2, 0.25) is 0 Å². The molecule has 0 aromatic heterocycles. The summed E-state index contributed by atoms with van der Waals surface area (Å²) in [6, 6.07) is 10.3. The molecule has 6 heteroatoms. The van der Waals surface area contributed by atoms with Gasteiger partial charge in [0.25, 0.3) is 0 Å². The van der Waals surface area contributed by atoms with Crippen LogP contribution in [0.15, 0.2) is 35.0 Å². The van der Waals surface area contributed by atoms with Gasteiger partial charge in [0.15, 0.2) is 0 Å². The van der Waals surface area contributed by atoms with Gasteiger partial charge in [-0.1, -0.05) is 75.4 Å². The molecule has 0 saturated carbocycles. The molecule has 0 aliphatic heterocycles. The minimum absolute atomic E-state index is 0.962. The fraction of sp³-hybridized carbons (Fsp3) is 0.462. The van der Waals surface area contributed by atoms with Crippen molar-refractivity contribution in [1.82, 2.24) is 0 Å². The zero-order valence-electron chi connectivity index (χ0n) is 12.5. The first-order chi connectivity index (χ1) is 8.67. The van der Waals surface area contributed by atoms with Gasteiger partial charge in [0, 0.05) is 16.5 Å². The van der Waals surface area contributed by atoms with Gasteiger partial charge in [-0.2, -0.15) is 0 Å². The number of nitrogens with zero attached hydrogens (tertiary/aromatic N) is 2. The Morgan fingerprint density at radius 1 is 1.00 bits per heavy atom. The van der Waals surface area contributed by atoms with Crippen LogP contribution in [-0.2, 0) is 15.1 Å². The average Bonchev–Trinajstić information content (AvgIpc) is 2.28. The van der Waals surface area contributed by atoms with Gasteiger partial charge in [-0.05, 0) is 5.56 Å². The normalized spacial score (nSPS) is 12.6. The molecule has 0 spiro atoms. The molecule has 0 amide bonds. The van der Waals surface area contributed by atoms with E-state index < -0.39 is 16.5 Å². The summed E-state index contributed by atoms with van der Waals surface area (Å²) in [5.74, 6) is 0.962. The van der Waals surface area contributed by atoms with E-state index in [-0.39, 0.29) is 0 Å². The van der Waals surface area contributed by atoms with Gasteiger partial charge in [0.1, 0.15) is 0 Å². The van der Waals surface area contributed by atoms with Crippen LogP contribution in [0.1, 0.15) is 5.56 Å². The summed E-state index contributed by atoms with van der Waals surface area (Å²) in [6.07, 6.45) is 0. The van der Waals surface area contributed by atoms with Crippen LogP contribution in [0.25, 0.3) is 4.98 Å². The van der Waals surface area contributed by atoms with Crippen molar-refractivity contribution in [2.45, 2.75) is 39.3 Å². The summed E-state index contributed by atoms with van der Waals surface area (Å²) in [4.78, 5) is 4.89. The van der Waals surface area contributed by atoms with Crippen LogP contribution in [0.2, 0.25) is 39.3 Å². The van der Waals surface area contributed by atoms with Gasteiger partial charge in [0.05, 0.1) is 0 Å². The third-order valence-electron chi connectivity index (χ3n) is 1.91. The predicted octanol–water partition coefficient (Wildman–Crippen LogP) is 5.16. The zero-order chi connectivity index (χ0) is 15.1. The van der Waals surface area contributed by atoms with E-state index in [0.717, 1.165) is 11.4 Å². The van der Waals surface area contributed by atoms with E-state index in [0.29, 0.717) is 0 Å². The molecule has 1 aromatic carbocycles. The second-order valence-corrected chi connectivity index (χ2v) is 15.4. The van der Waals surface area contributed by atoms with E-state index in [1.165, 1.54) is 0 Å². The van der Waals surface area contributed by atoms with Gasteiger partial charge in [-0.3, -0.25) is 0 Å². The molecule has 0 N–H and O–H groups in total. The van der Waals surface area contributed by atoms with Crippen molar-refractivity contribution in [2.75, 3.05) is 0 Å². The van der Waals surface area contributed by atoms with Crippen molar-refractivity contribution in [3.05, 3.63) is 40.9 Å². The topological polar surface area (TPSA) is 26.5 Å². The van der Waals surface area contributed by atoms with Gasteiger partial charge in [-0.25, -0.2) is 0 Å². The van der Waals surface area contributed by atoms with Crippen LogP contribution in [0, 0.1) is 0 Å². The maximum absolute atomic E-state index is 4.89. The molecule has 0 aliphatic carbocycles. The Hall–Kier alpha value is -0.0668. The quantitative estimate of drug-likeness (QED) is 0.403. The Balaban J connectivity index is 0.00000154. The molecule has 0 saturated heterocycles. The summed E-state index contributed by atoms with van der Waals surface area (Å²) in [7, 11) is 1.23.